The minimum atomic E-state index is -4.38. The lowest BCUT2D eigenvalue weighted by Gasteiger charge is -2.32. The average molecular weight is 509 g/mol. The normalized spacial score (nSPS) is 15.2. The summed E-state index contributed by atoms with van der Waals surface area (Å²) in [5, 5.41) is 3.60. The third-order valence-corrected chi connectivity index (χ3v) is 7.24. The number of nitrogens with one attached hydrogen (secondary N) is 1. The Morgan fingerprint density at radius 2 is 1.76 bits per heavy atom. The van der Waals surface area contributed by atoms with Crippen LogP contribution < -0.4 is 5.32 Å². The van der Waals surface area contributed by atoms with Gasteiger partial charge in [0.1, 0.15) is 17.0 Å². The SMILES string of the molecule is Cc1nc(N[C@H](C)C2CCC2)c2c(n1)nc(-c1cc(C(C)C)ccn1)n2Cc1ccc(C(F)(F)F)cc1. The Morgan fingerprint density at radius 3 is 2.38 bits per heavy atom. The van der Waals surface area contributed by atoms with Gasteiger partial charge < -0.3 is 9.88 Å². The van der Waals surface area contributed by atoms with Crippen molar-refractivity contribution < 1.29 is 13.2 Å². The smallest absolute Gasteiger partial charge is 0.365 e. The van der Waals surface area contributed by atoms with E-state index in [1.807, 2.05) is 23.6 Å². The molecule has 0 amide bonds. The number of imidazole rings is 1. The fourth-order valence-corrected chi connectivity index (χ4v) is 4.78. The van der Waals surface area contributed by atoms with Gasteiger partial charge in [0.25, 0.3) is 0 Å². The Balaban J connectivity index is 1.65. The van der Waals surface area contributed by atoms with Crippen LogP contribution in [0.5, 0.6) is 0 Å². The van der Waals surface area contributed by atoms with Crippen LogP contribution in [-0.2, 0) is 12.7 Å². The molecule has 9 heteroatoms. The summed E-state index contributed by atoms with van der Waals surface area (Å²) in [5.41, 5.74) is 3.11. The summed E-state index contributed by atoms with van der Waals surface area (Å²) in [6.07, 6.45) is 0.990. The number of halogens is 3. The minimum Gasteiger partial charge on any atom is -0.365 e. The molecular formula is C28H31F3N6. The lowest BCUT2D eigenvalue weighted by molar-refractivity contribution is -0.137. The predicted octanol–water partition coefficient (Wildman–Crippen LogP) is 6.99. The monoisotopic (exact) mass is 508 g/mol. The molecule has 1 aromatic carbocycles. The molecule has 5 rings (SSSR count). The molecule has 0 bridgehead atoms. The van der Waals surface area contributed by atoms with Gasteiger partial charge in [-0.05, 0) is 73.9 Å². The Morgan fingerprint density at radius 1 is 1.03 bits per heavy atom. The second-order valence-corrected chi connectivity index (χ2v) is 10.3. The maximum absolute atomic E-state index is 13.2. The van der Waals surface area contributed by atoms with E-state index in [1.165, 1.54) is 31.4 Å². The van der Waals surface area contributed by atoms with Gasteiger partial charge in [0.2, 0.25) is 0 Å². The highest BCUT2D eigenvalue weighted by molar-refractivity contribution is 5.87. The number of hydrogen-bond donors (Lipinski definition) is 1. The second-order valence-electron chi connectivity index (χ2n) is 10.3. The van der Waals surface area contributed by atoms with E-state index in [1.54, 1.807) is 6.20 Å². The van der Waals surface area contributed by atoms with E-state index in [4.69, 9.17) is 9.97 Å². The van der Waals surface area contributed by atoms with Gasteiger partial charge >= 0.3 is 6.18 Å². The van der Waals surface area contributed by atoms with E-state index in [2.05, 4.69) is 36.1 Å². The first-order chi connectivity index (χ1) is 17.6. The Kier molecular flexibility index (Phi) is 6.64. The van der Waals surface area contributed by atoms with Crippen molar-refractivity contribution >= 4 is 17.0 Å². The largest absolute Gasteiger partial charge is 0.416 e. The van der Waals surface area contributed by atoms with Gasteiger partial charge in [-0.2, -0.15) is 13.2 Å². The topological polar surface area (TPSA) is 68.5 Å². The van der Waals surface area contributed by atoms with Crippen LogP contribution in [-0.4, -0.2) is 30.5 Å². The van der Waals surface area contributed by atoms with Crippen molar-refractivity contribution in [2.75, 3.05) is 5.32 Å². The molecule has 3 aromatic heterocycles. The highest BCUT2D eigenvalue weighted by Gasteiger charge is 2.30. The van der Waals surface area contributed by atoms with Crippen LogP contribution in [0.15, 0.2) is 42.6 Å². The summed E-state index contributed by atoms with van der Waals surface area (Å²) in [6, 6.07) is 9.47. The fourth-order valence-electron chi connectivity index (χ4n) is 4.78. The van der Waals surface area contributed by atoms with E-state index in [0.717, 1.165) is 23.2 Å². The summed E-state index contributed by atoms with van der Waals surface area (Å²) in [6.45, 7) is 8.53. The number of nitrogens with zero attached hydrogens (tertiary/aromatic N) is 5. The first kappa shape index (κ1) is 25.2. The van der Waals surface area contributed by atoms with Crippen molar-refractivity contribution in [2.24, 2.45) is 5.92 Å². The van der Waals surface area contributed by atoms with Crippen molar-refractivity contribution in [3.05, 3.63) is 65.1 Å². The number of rotatable bonds is 7. The molecule has 4 aromatic rings. The standard InChI is InChI=1S/C28H31F3N6/c1-16(2)21-12-13-32-23(14-21)27-36-26-24(25(34-18(4)35-26)33-17(3)20-6-5-7-20)37(27)15-19-8-10-22(11-9-19)28(29,30)31/h8-14,16-17,20H,5-7,15H2,1-4H3,(H,33,34,35)/t17-/m1/s1. The number of anilines is 1. The Labute approximate surface area is 214 Å². The number of alkyl halides is 3. The molecule has 1 fully saturated rings. The first-order valence-corrected chi connectivity index (χ1v) is 12.7. The summed E-state index contributed by atoms with van der Waals surface area (Å²) in [7, 11) is 0. The molecule has 1 aliphatic rings. The molecule has 0 radical (unpaired) electrons. The van der Waals surface area contributed by atoms with E-state index in [-0.39, 0.29) is 6.04 Å². The number of hydrogen-bond acceptors (Lipinski definition) is 5. The molecule has 1 atom stereocenters. The van der Waals surface area contributed by atoms with Crippen LogP contribution >= 0.6 is 0 Å². The molecule has 37 heavy (non-hydrogen) atoms. The van der Waals surface area contributed by atoms with Gasteiger partial charge in [0, 0.05) is 18.8 Å². The van der Waals surface area contributed by atoms with E-state index >= 15 is 0 Å². The molecule has 0 spiro atoms. The average Bonchev–Trinajstić information content (AvgIpc) is 3.15. The number of fused-ring (bicyclic) bond motifs is 1. The Bertz CT molecular complexity index is 1400. The lowest BCUT2D eigenvalue weighted by atomic mass is 9.80. The van der Waals surface area contributed by atoms with Gasteiger partial charge in [-0.25, -0.2) is 15.0 Å². The van der Waals surface area contributed by atoms with Gasteiger partial charge in [0.05, 0.1) is 5.56 Å². The van der Waals surface area contributed by atoms with Gasteiger partial charge in [-0.1, -0.05) is 32.4 Å². The van der Waals surface area contributed by atoms with Crippen LogP contribution in [0, 0.1) is 12.8 Å². The summed E-state index contributed by atoms with van der Waals surface area (Å²) < 4.78 is 41.4. The Hall–Kier alpha value is -3.49. The molecule has 0 aliphatic heterocycles. The first-order valence-electron chi connectivity index (χ1n) is 12.7. The summed E-state index contributed by atoms with van der Waals surface area (Å²) in [5.74, 6) is 2.78. The van der Waals surface area contributed by atoms with Crippen molar-refractivity contribution in [2.45, 2.75) is 71.6 Å². The maximum Gasteiger partial charge on any atom is 0.416 e. The van der Waals surface area contributed by atoms with Gasteiger partial charge in [0.15, 0.2) is 17.3 Å². The highest BCUT2D eigenvalue weighted by Crippen LogP contribution is 2.34. The molecule has 194 valence electrons. The van der Waals surface area contributed by atoms with Crippen LogP contribution in [0.25, 0.3) is 22.7 Å². The second kappa shape index (κ2) is 9.76. The zero-order valence-corrected chi connectivity index (χ0v) is 21.5. The molecule has 3 heterocycles. The van der Waals surface area contributed by atoms with E-state index in [9.17, 15) is 13.2 Å². The van der Waals surface area contributed by atoms with Gasteiger partial charge in [-0.15, -0.1) is 0 Å². The lowest BCUT2D eigenvalue weighted by Crippen LogP contribution is -2.31. The molecule has 1 aliphatic carbocycles. The van der Waals surface area contributed by atoms with Crippen LogP contribution in [0.4, 0.5) is 19.0 Å². The molecule has 0 saturated heterocycles. The van der Waals surface area contributed by atoms with E-state index in [0.29, 0.717) is 52.8 Å². The molecule has 1 N–H and O–H groups in total. The van der Waals surface area contributed by atoms with Crippen LogP contribution in [0.3, 0.4) is 0 Å². The molecular weight excluding hydrogens is 477 g/mol. The van der Waals surface area contributed by atoms with Crippen molar-refractivity contribution in [3.8, 4) is 11.5 Å². The van der Waals surface area contributed by atoms with E-state index < -0.39 is 11.7 Å². The minimum absolute atomic E-state index is 0.228. The maximum atomic E-state index is 13.2. The fraction of sp³-hybridized carbons (Fsp3) is 0.429. The number of aromatic nitrogens is 5. The highest BCUT2D eigenvalue weighted by atomic mass is 19.4. The third-order valence-electron chi connectivity index (χ3n) is 7.24. The number of benzene rings is 1. The zero-order valence-electron chi connectivity index (χ0n) is 21.5. The van der Waals surface area contributed by atoms with Crippen molar-refractivity contribution in [1.29, 1.82) is 0 Å². The number of pyridine rings is 1. The van der Waals surface area contributed by atoms with Crippen molar-refractivity contribution in [3.63, 3.8) is 0 Å². The van der Waals surface area contributed by atoms with Crippen LogP contribution in [0.2, 0.25) is 0 Å². The van der Waals surface area contributed by atoms with Crippen molar-refractivity contribution in [1.82, 2.24) is 24.5 Å². The number of aryl methyl sites for hydroxylation is 1. The van der Waals surface area contributed by atoms with Gasteiger partial charge in [-0.3, -0.25) is 4.98 Å². The van der Waals surface area contributed by atoms with Crippen LogP contribution in [0.1, 0.15) is 68.5 Å². The zero-order chi connectivity index (χ0) is 26.3. The molecule has 0 unspecified atom stereocenters. The molecule has 1 saturated carbocycles. The summed E-state index contributed by atoms with van der Waals surface area (Å²) >= 11 is 0. The summed E-state index contributed by atoms with van der Waals surface area (Å²) in [4.78, 5) is 18.8. The molecule has 6 nitrogen and oxygen atoms in total. The third kappa shape index (κ3) is 5.17. The quantitative estimate of drug-likeness (QED) is 0.291. The predicted molar refractivity (Wildman–Crippen MR) is 138 cm³/mol.